The summed E-state index contributed by atoms with van der Waals surface area (Å²) in [6, 6.07) is 0.585. The zero-order chi connectivity index (χ0) is 14.8. The molecule has 4 nitrogen and oxygen atoms in total. The Hall–Kier alpha value is -1.58. The normalized spacial score (nSPS) is 16.3. The van der Waals surface area contributed by atoms with Crippen LogP contribution in [0.2, 0.25) is 0 Å². The molecule has 0 aliphatic heterocycles. The van der Waals surface area contributed by atoms with E-state index in [1.165, 1.54) is 12.8 Å². The summed E-state index contributed by atoms with van der Waals surface area (Å²) in [4.78, 5) is 4.13. The van der Waals surface area contributed by atoms with Crippen LogP contribution in [0.15, 0.2) is 17.3 Å². The van der Waals surface area contributed by atoms with Crippen LogP contribution in [0.1, 0.15) is 52.0 Å². The van der Waals surface area contributed by atoms with Crippen molar-refractivity contribution in [2.45, 2.75) is 59.4 Å². The molecule has 1 heterocycles. The van der Waals surface area contributed by atoms with Crippen molar-refractivity contribution in [3.8, 4) is 0 Å². The third-order valence-electron chi connectivity index (χ3n) is 4.33. The van der Waals surface area contributed by atoms with Crippen molar-refractivity contribution < 1.29 is 0 Å². The summed E-state index contributed by atoms with van der Waals surface area (Å²) in [6.07, 6.45) is 8.85. The molecule has 1 fully saturated rings. The van der Waals surface area contributed by atoms with E-state index in [0.717, 1.165) is 30.0 Å². The molecule has 0 aromatic carbocycles. The van der Waals surface area contributed by atoms with Gasteiger partial charge in [-0.3, -0.25) is 0 Å². The van der Waals surface area contributed by atoms with Crippen LogP contribution in [-0.4, -0.2) is 22.5 Å². The smallest absolute Gasteiger partial charge is 0.159 e. The van der Waals surface area contributed by atoms with Crippen molar-refractivity contribution in [3.63, 3.8) is 0 Å². The van der Waals surface area contributed by atoms with Gasteiger partial charge < -0.3 is 5.32 Å². The molecule has 0 radical (unpaired) electrons. The van der Waals surface area contributed by atoms with E-state index in [4.69, 9.17) is 0 Å². The standard InChI is InChI=1S/C16H26N4/c1-6-16(4,7-2)10-14(19-13-8-9-13)20-15(17-5)12(3)11-18-20/h10-11,13,19H,5-9H2,1-4H3/b14-10-. The SMILES string of the molecule is C=Nc1c(C)cnn1/C(=C\C(C)(CC)CC)NC1CC1. The summed E-state index contributed by atoms with van der Waals surface area (Å²) in [5.41, 5.74) is 1.23. The molecule has 110 valence electrons. The van der Waals surface area contributed by atoms with Gasteiger partial charge in [0.2, 0.25) is 0 Å². The Morgan fingerprint density at radius 1 is 1.55 bits per heavy atom. The zero-order valence-electron chi connectivity index (χ0n) is 13.1. The van der Waals surface area contributed by atoms with Crippen LogP contribution >= 0.6 is 0 Å². The largest absolute Gasteiger partial charge is 0.367 e. The van der Waals surface area contributed by atoms with E-state index in [9.17, 15) is 0 Å². The number of aryl methyl sites for hydroxylation is 1. The van der Waals surface area contributed by atoms with Gasteiger partial charge >= 0.3 is 0 Å². The van der Waals surface area contributed by atoms with Crippen LogP contribution in [-0.2, 0) is 0 Å². The molecule has 0 saturated heterocycles. The number of rotatable bonds is 7. The van der Waals surface area contributed by atoms with Gasteiger partial charge in [0.25, 0.3) is 0 Å². The first-order valence-electron chi connectivity index (χ1n) is 7.54. The highest BCUT2D eigenvalue weighted by molar-refractivity contribution is 5.56. The van der Waals surface area contributed by atoms with Gasteiger partial charge in [0.1, 0.15) is 5.82 Å². The third kappa shape index (κ3) is 3.11. The lowest BCUT2D eigenvalue weighted by Crippen LogP contribution is -2.23. The van der Waals surface area contributed by atoms with Gasteiger partial charge in [-0.1, -0.05) is 20.8 Å². The number of allylic oxidation sites excluding steroid dienone is 1. The number of aromatic nitrogens is 2. The summed E-state index contributed by atoms with van der Waals surface area (Å²) in [6.45, 7) is 12.4. The van der Waals surface area contributed by atoms with Crippen molar-refractivity contribution in [3.05, 3.63) is 17.8 Å². The van der Waals surface area contributed by atoms with E-state index >= 15 is 0 Å². The van der Waals surface area contributed by atoms with Gasteiger partial charge in [0.05, 0.1) is 6.20 Å². The lowest BCUT2D eigenvalue weighted by atomic mass is 9.84. The maximum Gasteiger partial charge on any atom is 0.159 e. The van der Waals surface area contributed by atoms with Crippen molar-refractivity contribution in [2.75, 3.05) is 0 Å². The van der Waals surface area contributed by atoms with Crippen LogP contribution in [0.25, 0.3) is 5.82 Å². The van der Waals surface area contributed by atoms with E-state index in [1.54, 1.807) is 0 Å². The molecule has 4 heteroatoms. The van der Waals surface area contributed by atoms with Crippen LogP contribution < -0.4 is 5.32 Å². The number of nitrogens with zero attached hydrogens (tertiary/aromatic N) is 3. The Labute approximate surface area is 122 Å². The predicted molar refractivity (Wildman–Crippen MR) is 85.3 cm³/mol. The molecule has 1 aromatic rings. The van der Waals surface area contributed by atoms with Crippen LogP contribution in [0, 0.1) is 12.3 Å². The zero-order valence-corrected chi connectivity index (χ0v) is 13.1. The number of hydrogen-bond acceptors (Lipinski definition) is 3. The molecular formula is C16H26N4. The molecule has 1 N–H and O–H groups in total. The summed E-state index contributed by atoms with van der Waals surface area (Å²) in [5.74, 6) is 1.88. The quantitative estimate of drug-likeness (QED) is 0.766. The molecule has 0 atom stereocenters. The second kappa shape index (κ2) is 5.81. The van der Waals surface area contributed by atoms with Gasteiger partial charge in [-0.25, -0.2) is 4.99 Å². The van der Waals surface area contributed by atoms with Crippen LogP contribution in [0.4, 0.5) is 5.82 Å². The molecule has 0 bridgehead atoms. The second-order valence-electron chi connectivity index (χ2n) is 6.03. The Bertz CT molecular complexity index is 505. The summed E-state index contributed by atoms with van der Waals surface area (Å²) in [7, 11) is 0. The van der Waals surface area contributed by atoms with E-state index in [2.05, 4.69) is 49.0 Å². The monoisotopic (exact) mass is 274 g/mol. The minimum atomic E-state index is 0.176. The maximum absolute atomic E-state index is 4.47. The average molecular weight is 274 g/mol. The fourth-order valence-electron chi connectivity index (χ4n) is 2.18. The maximum atomic E-state index is 4.47. The number of nitrogens with one attached hydrogen (secondary N) is 1. The van der Waals surface area contributed by atoms with Crippen molar-refractivity contribution in [1.82, 2.24) is 15.1 Å². The number of hydrogen-bond donors (Lipinski definition) is 1. The fourth-order valence-corrected chi connectivity index (χ4v) is 2.18. The Morgan fingerprint density at radius 2 is 2.20 bits per heavy atom. The van der Waals surface area contributed by atoms with Crippen molar-refractivity contribution >= 4 is 18.4 Å². The van der Waals surface area contributed by atoms with Crippen molar-refractivity contribution in [2.24, 2.45) is 10.4 Å². The average Bonchev–Trinajstić information content (AvgIpc) is 3.19. The predicted octanol–water partition coefficient (Wildman–Crippen LogP) is 3.90. The van der Waals surface area contributed by atoms with Gasteiger partial charge in [-0.2, -0.15) is 9.78 Å². The van der Waals surface area contributed by atoms with E-state index in [-0.39, 0.29) is 5.41 Å². The minimum absolute atomic E-state index is 0.176. The van der Waals surface area contributed by atoms with Gasteiger partial charge in [-0.15, -0.1) is 0 Å². The topological polar surface area (TPSA) is 42.2 Å². The minimum Gasteiger partial charge on any atom is -0.367 e. The molecule has 20 heavy (non-hydrogen) atoms. The lowest BCUT2D eigenvalue weighted by molar-refractivity contribution is 0.393. The molecular weight excluding hydrogens is 248 g/mol. The Balaban J connectivity index is 2.40. The molecule has 2 rings (SSSR count). The van der Waals surface area contributed by atoms with E-state index in [0.29, 0.717) is 6.04 Å². The Kier molecular flexibility index (Phi) is 4.31. The summed E-state index contributed by atoms with van der Waals surface area (Å²) >= 11 is 0. The molecule has 1 aliphatic rings. The molecule has 1 saturated carbocycles. The molecule has 1 aliphatic carbocycles. The highest BCUT2D eigenvalue weighted by Crippen LogP contribution is 2.32. The first-order valence-corrected chi connectivity index (χ1v) is 7.54. The summed E-state index contributed by atoms with van der Waals surface area (Å²) < 4.78 is 1.89. The van der Waals surface area contributed by atoms with Crippen molar-refractivity contribution in [1.29, 1.82) is 0 Å². The summed E-state index contributed by atoms with van der Waals surface area (Å²) in [5, 5.41) is 8.07. The van der Waals surface area contributed by atoms with E-state index in [1.807, 2.05) is 17.8 Å². The molecule has 0 amide bonds. The lowest BCUT2D eigenvalue weighted by Gasteiger charge is -2.25. The number of aliphatic imine (C=N–C) groups is 1. The van der Waals surface area contributed by atoms with E-state index < -0.39 is 0 Å². The Morgan fingerprint density at radius 3 is 2.70 bits per heavy atom. The fraction of sp³-hybridized carbons (Fsp3) is 0.625. The van der Waals surface area contributed by atoms with Gasteiger partial charge in [0, 0.05) is 11.6 Å². The van der Waals surface area contributed by atoms with Gasteiger partial charge in [-0.05, 0) is 50.8 Å². The van der Waals surface area contributed by atoms with Crippen LogP contribution in [0.3, 0.4) is 0 Å². The first kappa shape index (κ1) is 14.8. The van der Waals surface area contributed by atoms with Gasteiger partial charge in [0.15, 0.2) is 5.82 Å². The van der Waals surface area contributed by atoms with Crippen LogP contribution in [0.5, 0.6) is 0 Å². The highest BCUT2D eigenvalue weighted by Gasteiger charge is 2.26. The molecule has 0 unspecified atom stereocenters. The molecule has 1 aromatic heterocycles. The second-order valence-corrected chi connectivity index (χ2v) is 6.03. The molecule has 0 spiro atoms. The third-order valence-corrected chi connectivity index (χ3v) is 4.33. The first-order chi connectivity index (χ1) is 9.53. The highest BCUT2D eigenvalue weighted by atomic mass is 15.4.